The number of hydrogen-bond donors (Lipinski definition) is 0. The fourth-order valence-corrected chi connectivity index (χ4v) is 10.2. The summed E-state index contributed by atoms with van der Waals surface area (Å²) in [7, 11) is 0. The maximum Gasteiger partial charge on any atom is 0.333 e. The fraction of sp³-hybridized carbons (Fsp3) is 0.0417. The molecule has 8 aromatic carbocycles. The summed E-state index contributed by atoms with van der Waals surface area (Å²) in [5, 5.41) is 5.19. The molecular formula is C48H31BN2. The second-order valence-corrected chi connectivity index (χ2v) is 14.5. The molecular weight excluding hydrogens is 615 g/mol. The molecule has 4 heterocycles. The summed E-state index contributed by atoms with van der Waals surface area (Å²) in [5.41, 5.74) is 17.8. The molecule has 2 nitrogen and oxygen atoms in total. The minimum atomic E-state index is -0.512. The van der Waals surface area contributed by atoms with Crippen molar-refractivity contribution < 1.29 is 0 Å². The van der Waals surface area contributed by atoms with Crippen LogP contribution in [0.4, 0.5) is 17.1 Å². The van der Waals surface area contributed by atoms with Crippen LogP contribution < -0.4 is 15.8 Å². The zero-order valence-corrected chi connectivity index (χ0v) is 28.1. The molecule has 0 bridgehead atoms. The van der Waals surface area contributed by atoms with Crippen molar-refractivity contribution in [1.82, 2.24) is 4.48 Å². The van der Waals surface area contributed by atoms with Gasteiger partial charge >= 0.3 is 6.85 Å². The molecule has 0 saturated carbocycles. The lowest BCUT2D eigenvalue weighted by atomic mass is 9.43. The molecule has 3 aliphatic rings. The van der Waals surface area contributed by atoms with Crippen LogP contribution in [-0.2, 0) is 5.41 Å². The van der Waals surface area contributed by atoms with Gasteiger partial charge in [-0.25, -0.2) is 0 Å². The quantitative estimate of drug-likeness (QED) is 0.170. The second kappa shape index (κ2) is 9.68. The van der Waals surface area contributed by atoms with Crippen molar-refractivity contribution in [1.29, 1.82) is 0 Å². The van der Waals surface area contributed by atoms with Gasteiger partial charge in [-0.1, -0.05) is 146 Å². The zero-order valence-electron chi connectivity index (χ0n) is 28.1. The molecule has 0 atom stereocenters. The summed E-state index contributed by atoms with van der Waals surface area (Å²) in [6.45, 7) is 2.27. The first-order chi connectivity index (χ1) is 25.2. The largest absolute Gasteiger partial charge is 0.375 e. The van der Waals surface area contributed by atoms with E-state index in [2.05, 4.69) is 186 Å². The number of aryl methyl sites for hydroxylation is 1. The minimum Gasteiger partial charge on any atom is -0.375 e. The van der Waals surface area contributed by atoms with Crippen LogP contribution in [0.5, 0.6) is 0 Å². The Hall–Kier alpha value is -6.32. The zero-order chi connectivity index (χ0) is 33.4. The highest BCUT2D eigenvalue weighted by Gasteiger charge is 2.51. The second-order valence-electron chi connectivity index (χ2n) is 14.5. The van der Waals surface area contributed by atoms with Crippen molar-refractivity contribution in [3.05, 3.63) is 198 Å². The molecule has 0 aliphatic carbocycles. The van der Waals surface area contributed by atoms with Crippen molar-refractivity contribution in [2.45, 2.75) is 12.3 Å². The molecule has 236 valence electrons. The predicted octanol–water partition coefficient (Wildman–Crippen LogP) is 10.4. The van der Waals surface area contributed by atoms with Gasteiger partial charge in [-0.3, -0.25) is 0 Å². The van der Waals surface area contributed by atoms with Gasteiger partial charge in [-0.05, 0) is 86.3 Å². The van der Waals surface area contributed by atoms with Gasteiger partial charge in [0.1, 0.15) is 0 Å². The van der Waals surface area contributed by atoms with E-state index < -0.39 is 5.41 Å². The highest BCUT2D eigenvalue weighted by molar-refractivity contribution is 6.90. The molecule has 0 fully saturated rings. The molecule has 0 N–H and O–H groups in total. The van der Waals surface area contributed by atoms with Crippen molar-refractivity contribution in [2.24, 2.45) is 0 Å². The normalized spacial score (nSPS) is 14.5. The highest BCUT2D eigenvalue weighted by atomic mass is 15.2. The van der Waals surface area contributed by atoms with Gasteiger partial charge in [-0.2, -0.15) is 0 Å². The molecule has 12 rings (SSSR count). The van der Waals surface area contributed by atoms with E-state index in [0.29, 0.717) is 0 Å². The molecule has 51 heavy (non-hydrogen) atoms. The lowest BCUT2D eigenvalue weighted by molar-refractivity contribution is 0.732. The van der Waals surface area contributed by atoms with Crippen LogP contribution in [0.25, 0.3) is 43.7 Å². The Morgan fingerprint density at radius 2 is 1.18 bits per heavy atom. The first-order valence-corrected chi connectivity index (χ1v) is 18.0. The third-order valence-electron chi connectivity index (χ3n) is 12.0. The third kappa shape index (κ3) is 3.30. The van der Waals surface area contributed by atoms with E-state index in [-0.39, 0.29) is 6.85 Å². The fourth-order valence-electron chi connectivity index (χ4n) is 10.2. The van der Waals surface area contributed by atoms with E-state index in [1.807, 2.05) is 0 Å². The maximum absolute atomic E-state index is 2.69. The monoisotopic (exact) mass is 646 g/mol. The molecule has 1 aromatic heterocycles. The highest BCUT2D eigenvalue weighted by Crippen LogP contribution is 2.58. The SMILES string of the molecule is Cc1cc2c3c(c1)N1c4ccccc4C(c4ccccc4)(c4ccccc4)c4cccc(c41)B3n1c3cc4ccccc4cc3c3cccc-2c31. The van der Waals surface area contributed by atoms with Gasteiger partial charge in [0.15, 0.2) is 0 Å². The van der Waals surface area contributed by atoms with E-state index in [0.717, 1.165) is 0 Å². The molecule has 0 amide bonds. The van der Waals surface area contributed by atoms with Crippen LogP contribution in [0.1, 0.15) is 27.8 Å². The van der Waals surface area contributed by atoms with Crippen molar-refractivity contribution in [2.75, 3.05) is 4.90 Å². The Balaban J connectivity index is 1.29. The van der Waals surface area contributed by atoms with E-state index in [9.17, 15) is 0 Å². The van der Waals surface area contributed by atoms with Gasteiger partial charge in [-0.15, -0.1) is 0 Å². The number of rotatable bonds is 2. The maximum atomic E-state index is 2.69. The topological polar surface area (TPSA) is 8.17 Å². The third-order valence-corrected chi connectivity index (χ3v) is 12.0. The minimum absolute atomic E-state index is 0.00683. The van der Waals surface area contributed by atoms with Crippen LogP contribution in [0.15, 0.2) is 170 Å². The van der Waals surface area contributed by atoms with Crippen molar-refractivity contribution >= 4 is 67.4 Å². The number of fused-ring (bicyclic) bond motifs is 10. The molecule has 0 unspecified atom stereocenters. The van der Waals surface area contributed by atoms with Gasteiger partial charge in [0.05, 0.1) is 11.1 Å². The Bertz CT molecular complexity index is 2900. The lowest BCUT2D eigenvalue weighted by Crippen LogP contribution is -2.58. The summed E-state index contributed by atoms with van der Waals surface area (Å²) < 4.78 is 2.69. The van der Waals surface area contributed by atoms with Crippen molar-refractivity contribution in [3.63, 3.8) is 0 Å². The summed E-state index contributed by atoms with van der Waals surface area (Å²) in [5.74, 6) is 0. The summed E-state index contributed by atoms with van der Waals surface area (Å²) in [6, 6.07) is 64.0. The van der Waals surface area contributed by atoms with Crippen LogP contribution >= 0.6 is 0 Å². The molecule has 0 spiro atoms. The smallest absolute Gasteiger partial charge is 0.333 e. The first-order valence-electron chi connectivity index (χ1n) is 18.0. The number of anilines is 3. The van der Waals surface area contributed by atoms with E-state index >= 15 is 0 Å². The van der Waals surface area contributed by atoms with E-state index in [4.69, 9.17) is 0 Å². The Morgan fingerprint density at radius 1 is 0.510 bits per heavy atom. The average molecular weight is 647 g/mol. The molecule has 9 aromatic rings. The standard InChI is InChI=1S/C48H31BN2/c1-30-26-38-36-21-12-20-35-37-28-31-14-8-9-15-32(31)29-43(37)51(46(35)36)49-41-24-13-23-40-47(41)50(44(27-30)45(38)49)42-25-11-10-22-39(42)48(40,33-16-4-2-5-17-33)34-18-6-3-7-19-34/h2-29H,1H3. The average Bonchev–Trinajstić information content (AvgIpc) is 3.50. The number of nitrogens with zero attached hydrogens (tertiary/aromatic N) is 2. The van der Waals surface area contributed by atoms with Gasteiger partial charge in [0.25, 0.3) is 0 Å². The number of para-hydroxylation sites is 3. The predicted molar refractivity (Wildman–Crippen MR) is 214 cm³/mol. The Kier molecular flexibility index (Phi) is 5.22. The summed E-state index contributed by atoms with van der Waals surface area (Å²) >= 11 is 0. The number of aromatic nitrogens is 1. The summed E-state index contributed by atoms with van der Waals surface area (Å²) in [4.78, 5) is 2.61. The molecule has 0 radical (unpaired) electrons. The first kappa shape index (κ1) is 27.5. The molecule has 0 saturated heterocycles. The van der Waals surface area contributed by atoms with Gasteiger partial charge in [0.2, 0.25) is 0 Å². The van der Waals surface area contributed by atoms with Gasteiger partial charge < -0.3 is 9.38 Å². The molecule has 3 heteroatoms. The number of benzene rings is 8. The number of hydrogen-bond acceptors (Lipinski definition) is 1. The summed E-state index contributed by atoms with van der Waals surface area (Å²) in [6.07, 6.45) is 0. The van der Waals surface area contributed by atoms with E-state index in [1.54, 1.807) is 0 Å². The van der Waals surface area contributed by atoms with E-state index in [1.165, 1.54) is 99.5 Å². The van der Waals surface area contributed by atoms with Crippen LogP contribution in [0, 0.1) is 6.92 Å². The lowest BCUT2D eigenvalue weighted by Gasteiger charge is -2.50. The van der Waals surface area contributed by atoms with Crippen LogP contribution in [0.2, 0.25) is 0 Å². The Morgan fingerprint density at radius 3 is 1.96 bits per heavy atom. The van der Waals surface area contributed by atoms with Crippen molar-refractivity contribution in [3.8, 4) is 11.1 Å². The van der Waals surface area contributed by atoms with Gasteiger partial charge in [0, 0.05) is 38.7 Å². The van der Waals surface area contributed by atoms with Crippen LogP contribution in [-0.4, -0.2) is 11.3 Å². The van der Waals surface area contributed by atoms with Crippen LogP contribution in [0.3, 0.4) is 0 Å². The molecule has 3 aliphatic heterocycles. The Labute approximate surface area is 296 Å².